The minimum absolute atomic E-state index is 0.0302. The van der Waals surface area contributed by atoms with Crippen LogP contribution >= 0.6 is 0 Å². The van der Waals surface area contributed by atoms with E-state index >= 15 is 0 Å². The van der Waals surface area contributed by atoms with Gasteiger partial charge in [0, 0.05) is 13.1 Å². The minimum atomic E-state index is -0.0302. The van der Waals surface area contributed by atoms with Gasteiger partial charge in [-0.1, -0.05) is 37.8 Å². The van der Waals surface area contributed by atoms with Crippen LogP contribution < -0.4 is 10.1 Å². The van der Waals surface area contributed by atoms with Crippen LogP contribution in [-0.2, 0) is 7.05 Å². The average Bonchev–Trinajstić information content (AvgIpc) is 3.03. The highest BCUT2D eigenvalue weighted by Gasteiger charge is 2.33. The molecule has 1 aromatic rings. The number of carbonyl (C=O) groups excluding carboxylic acids is 1. The topological polar surface area (TPSA) is 56.2 Å². The Morgan fingerprint density at radius 1 is 1.30 bits per heavy atom. The van der Waals surface area contributed by atoms with Crippen LogP contribution in [-0.4, -0.2) is 28.3 Å². The zero-order chi connectivity index (χ0) is 18.8. The van der Waals surface area contributed by atoms with E-state index in [0.717, 1.165) is 19.3 Å². The molecule has 0 radical (unpaired) electrons. The first kappa shape index (κ1) is 18.6. The molecule has 0 spiro atoms. The Labute approximate surface area is 162 Å². The van der Waals surface area contributed by atoms with E-state index in [4.69, 9.17) is 4.74 Å². The first-order valence-electron chi connectivity index (χ1n) is 10.8. The van der Waals surface area contributed by atoms with Gasteiger partial charge in [-0.3, -0.25) is 4.79 Å². The number of nitrogens with one attached hydrogen (secondary N) is 1. The highest BCUT2D eigenvalue weighted by atomic mass is 16.5. The van der Waals surface area contributed by atoms with E-state index in [1.54, 1.807) is 16.5 Å². The molecule has 2 fully saturated rings. The number of ether oxygens (including phenoxy) is 1. The highest BCUT2D eigenvalue weighted by Crippen LogP contribution is 2.38. The van der Waals surface area contributed by atoms with E-state index < -0.39 is 0 Å². The summed E-state index contributed by atoms with van der Waals surface area (Å²) in [6, 6.07) is 0.267. The van der Waals surface area contributed by atoms with Gasteiger partial charge in [0.05, 0.1) is 12.8 Å². The molecule has 0 saturated heterocycles. The van der Waals surface area contributed by atoms with Crippen molar-refractivity contribution in [1.29, 1.82) is 0 Å². The summed E-state index contributed by atoms with van der Waals surface area (Å²) in [6.45, 7) is 2.98. The second-order valence-corrected chi connectivity index (χ2v) is 8.92. The SMILES string of the molecule is CC1C=C2CCC(NC(=O)c3cnn(C)c3OCC3CCCCC3)C(C2)C1. The van der Waals surface area contributed by atoms with Gasteiger partial charge in [0.2, 0.25) is 5.88 Å². The maximum absolute atomic E-state index is 13.0. The standard InChI is InChI=1S/C22H33N3O2/c1-15-10-17-8-9-20(18(11-15)12-17)24-21(26)19-13-23-25(2)22(19)27-14-16-6-4-3-5-7-16/h10,13,15-16,18,20H,3-9,11-12,14H2,1-2H3,(H,24,26). The number of amides is 1. The van der Waals surface area contributed by atoms with Gasteiger partial charge in [-0.25, -0.2) is 4.68 Å². The minimum Gasteiger partial charge on any atom is -0.477 e. The summed E-state index contributed by atoms with van der Waals surface area (Å²) < 4.78 is 7.78. The summed E-state index contributed by atoms with van der Waals surface area (Å²) in [7, 11) is 1.85. The van der Waals surface area contributed by atoms with Gasteiger partial charge in [0.1, 0.15) is 5.56 Å². The monoisotopic (exact) mass is 371 g/mol. The lowest BCUT2D eigenvalue weighted by atomic mass is 9.72. The van der Waals surface area contributed by atoms with Crippen LogP contribution in [0.3, 0.4) is 0 Å². The van der Waals surface area contributed by atoms with Crippen molar-refractivity contribution in [3.63, 3.8) is 0 Å². The first-order valence-corrected chi connectivity index (χ1v) is 10.8. The Balaban J connectivity index is 1.39. The number of nitrogens with zero attached hydrogens (tertiary/aromatic N) is 2. The molecule has 148 valence electrons. The Kier molecular flexibility index (Phi) is 5.55. The van der Waals surface area contributed by atoms with Gasteiger partial charge in [0.15, 0.2) is 0 Å². The predicted octanol–water partition coefficient (Wildman–Crippen LogP) is 4.24. The summed E-state index contributed by atoms with van der Waals surface area (Å²) in [5, 5.41) is 7.59. The molecular weight excluding hydrogens is 338 g/mol. The molecule has 0 aliphatic heterocycles. The van der Waals surface area contributed by atoms with Crippen molar-refractivity contribution in [2.24, 2.45) is 24.8 Å². The van der Waals surface area contributed by atoms with Crippen LogP contribution in [0.5, 0.6) is 5.88 Å². The summed E-state index contributed by atoms with van der Waals surface area (Å²) in [4.78, 5) is 13.0. The van der Waals surface area contributed by atoms with Gasteiger partial charge in [-0.05, 0) is 56.3 Å². The van der Waals surface area contributed by atoms with Gasteiger partial charge >= 0.3 is 0 Å². The van der Waals surface area contributed by atoms with Gasteiger partial charge in [-0.2, -0.15) is 5.10 Å². The van der Waals surface area contributed by atoms with Crippen LogP contribution in [0.15, 0.2) is 17.8 Å². The Bertz CT molecular complexity index is 702. The Hall–Kier alpha value is -1.78. The van der Waals surface area contributed by atoms with Crippen molar-refractivity contribution in [2.75, 3.05) is 6.61 Å². The van der Waals surface area contributed by atoms with Gasteiger partial charge in [0.25, 0.3) is 5.91 Å². The zero-order valence-corrected chi connectivity index (χ0v) is 16.7. The number of aryl methyl sites for hydroxylation is 1. The molecule has 0 aromatic carbocycles. The second kappa shape index (κ2) is 8.07. The van der Waals surface area contributed by atoms with Crippen LogP contribution in [0.25, 0.3) is 0 Å². The number of fused-ring (bicyclic) bond motifs is 2. The summed E-state index contributed by atoms with van der Waals surface area (Å²) in [5.41, 5.74) is 2.17. The van der Waals surface area contributed by atoms with Crippen molar-refractivity contribution in [3.05, 3.63) is 23.4 Å². The molecule has 3 atom stereocenters. The molecule has 2 saturated carbocycles. The normalized spacial score (nSPS) is 28.5. The Morgan fingerprint density at radius 3 is 2.93 bits per heavy atom. The molecule has 3 aliphatic rings. The molecule has 2 bridgehead atoms. The number of hydrogen-bond acceptors (Lipinski definition) is 3. The highest BCUT2D eigenvalue weighted by molar-refractivity contribution is 5.96. The second-order valence-electron chi connectivity index (χ2n) is 8.92. The number of carbonyl (C=O) groups is 1. The van der Waals surface area contributed by atoms with Crippen molar-refractivity contribution in [1.82, 2.24) is 15.1 Å². The number of rotatable bonds is 5. The van der Waals surface area contributed by atoms with Gasteiger partial charge < -0.3 is 10.1 Å². The van der Waals surface area contributed by atoms with Crippen LogP contribution in [0.4, 0.5) is 0 Å². The van der Waals surface area contributed by atoms with E-state index in [0.29, 0.717) is 35.8 Å². The molecule has 5 nitrogen and oxygen atoms in total. The van der Waals surface area contributed by atoms with E-state index in [2.05, 4.69) is 23.4 Å². The number of allylic oxidation sites excluding steroid dienone is 2. The van der Waals surface area contributed by atoms with Crippen molar-refractivity contribution < 1.29 is 9.53 Å². The third kappa shape index (κ3) is 4.22. The molecule has 3 aliphatic carbocycles. The third-order valence-electron chi connectivity index (χ3n) is 6.69. The molecule has 27 heavy (non-hydrogen) atoms. The maximum Gasteiger partial charge on any atom is 0.258 e. The lowest BCUT2D eigenvalue weighted by Crippen LogP contribution is -2.44. The number of aromatic nitrogens is 2. The summed E-state index contributed by atoms with van der Waals surface area (Å²) in [5.74, 6) is 2.40. The van der Waals surface area contributed by atoms with Crippen LogP contribution in [0.2, 0.25) is 0 Å². The third-order valence-corrected chi connectivity index (χ3v) is 6.69. The van der Waals surface area contributed by atoms with E-state index in [9.17, 15) is 4.79 Å². The fraction of sp³-hybridized carbons (Fsp3) is 0.727. The van der Waals surface area contributed by atoms with E-state index in [1.165, 1.54) is 38.5 Å². The Morgan fingerprint density at radius 2 is 2.11 bits per heavy atom. The van der Waals surface area contributed by atoms with Crippen molar-refractivity contribution in [3.8, 4) is 5.88 Å². The average molecular weight is 372 g/mol. The van der Waals surface area contributed by atoms with E-state index in [1.807, 2.05) is 7.05 Å². The fourth-order valence-corrected chi connectivity index (χ4v) is 5.24. The molecular formula is C22H33N3O2. The van der Waals surface area contributed by atoms with Crippen LogP contribution in [0, 0.1) is 17.8 Å². The van der Waals surface area contributed by atoms with E-state index in [-0.39, 0.29) is 11.9 Å². The molecule has 4 rings (SSSR count). The lowest BCUT2D eigenvalue weighted by Gasteiger charge is -2.38. The molecule has 1 heterocycles. The quantitative estimate of drug-likeness (QED) is 0.788. The predicted molar refractivity (Wildman–Crippen MR) is 106 cm³/mol. The van der Waals surface area contributed by atoms with Crippen molar-refractivity contribution >= 4 is 5.91 Å². The smallest absolute Gasteiger partial charge is 0.258 e. The zero-order valence-electron chi connectivity index (χ0n) is 16.7. The lowest BCUT2D eigenvalue weighted by molar-refractivity contribution is 0.0898. The fourth-order valence-electron chi connectivity index (χ4n) is 5.24. The summed E-state index contributed by atoms with van der Waals surface area (Å²) in [6.07, 6.45) is 15.0. The molecule has 1 aromatic heterocycles. The van der Waals surface area contributed by atoms with Gasteiger partial charge in [-0.15, -0.1) is 0 Å². The molecule has 1 N–H and O–H groups in total. The van der Waals surface area contributed by atoms with Crippen LogP contribution in [0.1, 0.15) is 75.1 Å². The molecule has 5 heteroatoms. The summed E-state index contributed by atoms with van der Waals surface area (Å²) >= 11 is 0. The largest absolute Gasteiger partial charge is 0.477 e. The number of hydrogen-bond donors (Lipinski definition) is 1. The maximum atomic E-state index is 13.0. The van der Waals surface area contributed by atoms with Crippen molar-refractivity contribution in [2.45, 2.75) is 70.8 Å². The first-order chi connectivity index (χ1) is 13.1. The molecule has 1 amide bonds. The molecule has 3 unspecified atom stereocenters.